The van der Waals surface area contributed by atoms with Gasteiger partial charge < -0.3 is 5.73 Å². The largest absolute Gasteiger partial charge is 0.491 e. The van der Waals surface area contributed by atoms with E-state index in [0.717, 1.165) is 0 Å². The predicted molar refractivity (Wildman–Crippen MR) is 29.2 cm³/mol. The molecule has 0 radical (unpaired) electrons. The molecule has 7 heteroatoms. The lowest BCUT2D eigenvalue weighted by atomic mass is 10.6. The van der Waals surface area contributed by atoms with E-state index in [1.165, 1.54) is 0 Å². The molecule has 1 aromatic rings. The maximum absolute atomic E-state index is 11.9. The fourth-order valence-corrected chi connectivity index (χ4v) is 0.610. The zero-order valence-corrected chi connectivity index (χ0v) is 5.34. The lowest BCUT2D eigenvalue weighted by molar-refractivity contribution is -0.205. The molecular formula is C4H5F3N4. The van der Waals surface area contributed by atoms with Gasteiger partial charge in [0, 0.05) is 0 Å². The van der Waals surface area contributed by atoms with Crippen LogP contribution in [0, 0.1) is 0 Å². The van der Waals surface area contributed by atoms with Gasteiger partial charge >= 0.3 is 6.30 Å². The fraction of sp³-hybridized carbons (Fsp3) is 0.500. The molecule has 0 fully saturated rings. The smallest absolute Gasteiger partial charge is 0.324 e. The van der Waals surface area contributed by atoms with Crippen molar-refractivity contribution in [1.29, 1.82) is 0 Å². The van der Waals surface area contributed by atoms with Crippen molar-refractivity contribution in [1.82, 2.24) is 14.8 Å². The van der Waals surface area contributed by atoms with E-state index in [9.17, 15) is 13.2 Å². The zero-order chi connectivity index (χ0) is 8.48. The van der Waals surface area contributed by atoms with Crippen molar-refractivity contribution < 1.29 is 13.2 Å². The molecule has 62 valence electrons. The number of hydrogen-bond acceptors (Lipinski definition) is 3. The van der Waals surface area contributed by atoms with Crippen molar-refractivity contribution in [2.24, 2.45) is 5.73 Å². The van der Waals surface area contributed by atoms with Gasteiger partial charge in [0.2, 0.25) is 0 Å². The first-order valence-corrected chi connectivity index (χ1v) is 2.72. The maximum atomic E-state index is 11.9. The van der Waals surface area contributed by atoms with Gasteiger partial charge in [0.05, 0.1) is 6.54 Å². The van der Waals surface area contributed by atoms with Crippen LogP contribution in [-0.2, 0) is 12.8 Å². The Balaban J connectivity index is 3.02. The van der Waals surface area contributed by atoms with Crippen molar-refractivity contribution in [3.05, 3.63) is 12.2 Å². The van der Waals surface area contributed by atoms with Gasteiger partial charge in [-0.05, 0) is 0 Å². The van der Waals surface area contributed by atoms with Crippen LogP contribution in [-0.4, -0.2) is 14.8 Å². The van der Waals surface area contributed by atoms with Crippen LogP contribution in [0.3, 0.4) is 0 Å². The first-order chi connectivity index (χ1) is 5.05. The summed E-state index contributed by atoms with van der Waals surface area (Å²) in [5.41, 5.74) is 4.97. The minimum Gasteiger partial charge on any atom is -0.324 e. The molecule has 1 rings (SSSR count). The predicted octanol–water partition coefficient (Wildman–Crippen LogP) is 0.213. The number of halogens is 3. The highest BCUT2D eigenvalue weighted by atomic mass is 19.4. The highest BCUT2D eigenvalue weighted by Gasteiger charge is 2.32. The molecule has 2 N–H and O–H groups in total. The van der Waals surface area contributed by atoms with Gasteiger partial charge in [0.15, 0.2) is 5.82 Å². The van der Waals surface area contributed by atoms with Crippen LogP contribution in [0.2, 0.25) is 0 Å². The summed E-state index contributed by atoms with van der Waals surface area (Å²) in [6.07, 6.45) is -3.89. The molecular weight excluding hydrogens is 161 g/mol. The average Bonchev–Trinajstić information content (AvgIpc) is 2.31. The van der Waals surface area contributed by atoms with Gasteiger partial charge in [-0.1, -0.05) is 0 Å². The molecule has 1 aromatic heterocycles. The van der Waals surface area contributed by atoms with Gasteiger partial charge in [-0.15, -0.1) is 23.4 Å². The second-order valence-corrected chi connectivity index (χ2v) is 1.79. The monoisotopic (exact) mass is 166 g/mol. The number of hydrogen-bond donors (Lipinski definition) is 1. The van der Waals surface area contributed by atoms with Crippen molar-refractivity contribution in [2.45, 2.75) is 12.8 Å². The number of aromatic nitrogens is 3. The summed E-state index contributed by atoms with van der Waals surface area (Å²) in [7, 11) is 0. The molecule has 4 nitrogen and oxygen atoms in total. The van der Waals surface area contributed by atoms with Gasteiger partial charge in [0.1, 0.15) is 6.33 Å². The van der Waals surface area contributed by atoms with E-state index in [2.05, 4.69) is 10.2 Å². The standard InChI is InChI=1S/C4H5F3N4/c5-4(6,7)11-2-9-10-3(11)1-8/h2H,1,8H2. The summed E-state index contributed by atoms with van der Waals surface area (Å²) < 4.78 is 35.7. The lowest BCUT2D eigenvalue weighted by Crippen LogP contribution is -2.20. The number of nitrogens with zero attached hydrogens (tertiary/aromatic N) is 3. The molecule has 0 bridgehead atoms. The Hall–Kier alpha value is -1.11. The Morgan fingerprint density at radius 1 is 1.55 bits per heavy atom. The minimum absolute atomic E-state index is 0.0208. The summed E-state index contributed by atoms with van der Waals surface area (Å²) in [4.78, 5) is 0. The third-order valence-electron chi connectivity index (χ3n) is 1.07. The van der Waals surface area contributed by atoms with E-state index in [4.69, 9.17) is 5.73 Å². The molecule has 0 aromatic carbocycles. The molecule has 11 heavy (non-hydrogen) atoms. The van der Waals surface area contributed by atoms with E-state index in [-0.39, 0.29) is 16.9 Å². The summed E-state index contributed by atoms with van der Waals surface area (Å²) in [6, 6.07) is 0. The van der Waals surface area contributed by atoms with Crippen LogP contribution in [0.4, 0.5) is 13.2 Å². The van der Waals surface area contributed by atoms with Gasteiger partial charge in [-0.3, -0.25) is 0 Å². The van der Waals surface area contributed by atoms with E-state index < -0.39 is 6.30 Å². The second kappa shape index (κ2) is 2.50. The highest BCUT2D eigenvalue weighted by Crippen LogP contribution is 2.22. The first kappa shape index (κ1) is 7.99. The van der Waals surface area contributed by atoms with Crippen LogP contribution < -0.4 is 5.73 Å². The topological polar surface area (TPSA) is 56.7 Å². The third kappa shape index (κ3) is 1.48. The number of alkyl halides is 3. The summed E-state index contributed by atoms with van der Waals surface area (Å²) in [5, 5.41) is 6.24. The Bertz CT molecular complexity index is 240. The Labute approximate surface area is 59.8 Å². The molecule has 0 spiro atoms. The van der Waals surface area contributed by atoms with Crippen molar-refractivity contribution >= 4 is 0 Å². The molecule has 0 amide bonds. The Morgan fingerprint density at radius 2 is 2.18 bits per heavy atom. The Kier molecular flexibility index (Phi) is 1.81. The normalized spacial score (nSPS) is 12.0. The minimum atomic E-state index is -4.47. The van der Waals surface area contributed by atoms with Crippen LogP contribution >= 0.6 is 0 Å². The quantitative estimate of drug-likeness (QED) is 0.648. The summed E-state index contributed by atoms with van der Waals surface area (Å²) in [6.45, 7) is -0.278. The maximum Gasteiger partial charge on any atom is 0.491 e. The molecule has 0 aliphatic carbocycles. The van der Waals surface area contributed by atoms with Crippen molar-refractivity contribution in [2.75, 3.05) is 0 Å². The van der Waals surface area contributed by atoms with Crippen LogP contribution in [0.25, 0.3) is 0 Å². The molecule has 0 atom stereocenters. The van der Waals surface area contributed by atoms with Gasteiger partial charge in [-0.25, -0.2) is 4.57 Å². The zero-order valence-electron chi connectivity index (χ0n) is 5.34. The van der Waals surface area contributed by atoms with Crippen LogP contribution in [0.15, 0.2) is 6.33 Å². The lowest BCUT2D eigenvalue weighted by Gasteiger charge is -2.07. The van der Waals surface area contributed by atoms with E-state index >= 15 is 0 Å². The summed E-state index contributed by atoms with van der Waals surface area (Å²) >= 11 is 0. The molecule has 0 saturated carbocycles. The van der Waals surface area contributed by atoms with Crippen molar-refractivity contribution in [3.8, 4) is 0 Å². The average molecular weight is 166 g/mol. The first-order valence-electron chi connectivity index (χ1n) is 2.72. The third-order valence-corrected chi connectivity index (χ3v) is 1.07. The molecule has 0 aliphatic heterocycles. The van der Waals surface area contributed by atoms with Crippen molar-refractivity contribution in [3.63, 3.8) is 0 Å². The van der Waals surface area contributed by atoms with Crippen LogP contribution in [0.1, 0.15) is 5.82 Å². The molecule has 0 unspecified atom stereocenters. The molecule has 0 aliphatic rings. The van der Waals surface area contributed by atoms with Gasteiger partial charge in [0.25, 0.3) is 0 Å². The van der Waals surface area contributed by atoms with Gasteiger partial charge in [-0.2, -0.15) is 0 Å². The Morgan fingerprint density at radius 3 is 2.55 bits per heavy atom. The SMILES string of the molecule is NCc1nncn1C(F)(F)F. The van der Waals surface area contributed by atoms with Crippen LogP contribution in [0.5, 0.6) is 0 Å². The van der Waals surface area contributed by atoms with E-state index in [0.29, 0.717) is 6.33 Å². The van der Waals surface area contributed by atoms with E-state index in [1.807, 2.05) is 0 Å². The number of nitrogens with two attached hydrogens (primary N) is 1. The number of rotatable bonds is 1. The van der Waals surface area contributed by atoms with E-state index in [1.54, 1.807) is 0 Å². The highest BCUT2D eigenvalue weighted by molar-refractivity contribution is 4.85. The molecule has 0 saturated heterocycles. The molecule has 1 heterocycles. The summed E-state index contributed by atoms with van der Waals surface area (Å²) in [5.74, 6) is -0.294. The second-order valence-electron chi connectivity index (χ2n) is 1.79. The fourth-order valence-electron chi connectivity index (χ4n) is 0.610.